The van der Waals surface area contributed by atoms with Crippen LogP contribution in [0.1, 0.15) is 22.3 Å². The topological polar surface area (TPSA) is 85.1 Å². The Labute approximate surface area is 151 Å². The minimum atomic E-state index is -0.790. The monoisotopic (exact) mass is 345 g/mol. The summed E-state index contributed by atoms with van der Waals surface area (Å²) in [4.78, 5) is 28.6. The Balaban J connectivity index is 1.74. The Morgan fingerprint density at radius 3 is 2.58 bits per heavy atom. The molecule has 26 heavy (non-hydrogen) atoms. The number of hydrogen-bond acceptors (Lipinski definition) is 3. The van der Waals surface area contributed by atoms with Gasteiger partial charge in [0.25, 0.3) is 5.91 Å². The number of primary amides is 1. The first-order chi connectivity index (χ1) is 12.6. The summed E-state index contributed by atoms with van der Waals surface area (Å²) in [6.45, 7) is 0. The highest BCUT2D eigenvalue weighted by Crippen LogP contribution is 2.16. The summed E-state index contributed by atoms with van der Waals surface area (Å²) >= 11 is 0. The van der Waals surface area contributed by atoms with Crippen LogP contribution in [0.3, 0.4) is 0 Å². The number of amides is 2. The Kier molecular flexibility index (Phi) is 5.39. The van der Waals surface area contributed by atoms with E-state index in [2.05, 4.69) is 10.3 Å². The second kappa shape index (κ2) is 8.07. The Morgan fingerprint density at radius 2 is 1.81 bits per heavy atom. The summed E-state index contributed by atoms with van der Waals surface area (Å²) in [6.07, 6.45) is 5.66. The first-order valence-electron chi connectivity index (χ1n) is 8.30. The fraction of sp³-hybridized carbons (Fsp3) is 0.0952. The molecular formula is C21H19N3O2. The lowest BCUT2D eigenvalue weighted by Gasteiger charge is -2.14. The van der Waals surface area contributed by atoms with Crippen LogP contribution >= 0.6 is 0 Å². The van der Waals surface area contributed by atoms with Gasteiger partial charge in [-0.2, -0.15) is 0 Å². The zero-order valence-corrected chi connectivity index (χ0v) is 14.1. The molecule has 0 aliphatic carbocycles. The summed E-state index contributed by atoms with van der Waals surface area (Å²) in [5, 5.41) is 3.57. The summed E-state index contributed by atoms with van der Waals surface area (Å²) in [5.41, 5.74) is 7.48. The third-order valence-corrected chi connectivity index (χ3v) is 4.01. The van der Waals surface area contributed by atoms with Crippen molar-refractivity contribution in [2.75, 3.05) is 0 Å². The van der Waals surface area contributed by atoms with Crippen LogP contribution in [0.4, 0.5) is 0 Å². The van der Waals surface area contributed by atoms with E-state index in [1.54, 1.807) is 18.3 Å². The molecule has 0 bridgehead atoms. The van der Waals surface area contributed by atoms with Gasteiger partial charge in [0.1, 0.15) is 6.04 Å². The lowest BCUT2D eigenvalue weighted by atomic mass is 10.1. The number of aromatic nitrogens is 1. The van der Waals surface area contributed by atoms with E-state index in [1.807, 2.05) is 60.7 Å². The van der Waals surface area contributed by atoms with Gasteiger partial charge in [-0.1, -0.05) is 60.7 Å². The number of nitrogens with one attached hydrogen (secondary N) is 1. The SMILES string of the molecule is NC(=O)[C@@H](C/C=C/c1ccccc1)NC(=O)c1cccc2cccnc12. The third-order valence-electron chi connectivity index (χ3n) is 4.01. The Morgan fingerprint density at radius 1 is 1.04 bits per heavy atom. The lowest BCUT2D eigenvalue weighted by molar-refractivity contribution is -0.119. The van der Waals surface area contributed by atoms with Gasteiger partial charge < -0.3 is 11.1 Å². The molecule has 0 unspecified atom stereocenters. The molecule has 3 N–H and O–H groups in total. The van der Waals surface area contributed by atoms with Crippen LogP contribution in [0, 0.1) is 0 Å². The van der Waals surface area contributed by atoms with E-state index < -0.39 is 11.9 Å². The number of fused-ring (bicyclic) bond motifs is 1. The molecule has 1 aromatic heterocycles. The minimum Gasteiger partial charge on any atom is -0.368 e. The van der Waals surface area contributed by atoms with Crippen molar-refractivity contribution in [1.82, 2.24) is 10.3 Å². The second-order valence-corrected chi connectivity index (χ2v) is 5.86. The van der Waals surface area contributed by atoms with Crippen LogP contribution in [0.2, 0.25) is 0 Å². The van der Waals surface area contributed by atoms with Crippen LogP contribution in [-0.2, 0) is 4.79 Å². The highest BCUT2D eigenvalue weighted by atomic mass is 16.2. The van der Waals surface area contributed by atoms with Crippen LogP contribution < -0.4 is 11.1 Å². The molecule has 0 spiro atoms. The largest absolute Gasteiger partial charge is 0.368 e. The van der Waals surface area contributed by atoms with E-state index in [-0.39, 0.29) is 5.91 Å². The molecule has 0 aliphatic rings. The quantitative estimate of drug-likeness (QED) is 0.720. The fourth-order valence-electron chi connectivity index (χ4n) is 2.67. The second-order valence-electron chi connectivity index (χ2n) is 5.86. The standard InChI is InChI=1S/C21H19N3O2/c22-20(25)18(13-4-9-15-7-2-1-3-8-15)24-21(26)17-12-5-10-16-11-6-14-23-19(16)17/h1-12,14,18H,13H2,(H2,22,25)(H,24,26)/b9-4+/t18-/m1/s1. The number of pyridine rings is 1. The van der Waals surface area contributed by atoms with Crippen molar-refractivity contribution in [2.45, 2.75) is 12.5 Å². The number of carbonyl (C=O) groups excluding carboxylic acids is 2. The van der Waals surface area contributed by atoms with Crippen molar-refractivity contribution in [3.8, 4) is 0 Å². The molecule has 0 saturated carbocycles. The van der Waals surface area contributed by atoms with Gasteiger partial charge in [0.05, 0.1) is 11.1 Å². The molecule has 2 amide bonds. The fourth-order valence-corrected chi connectivity index (χ4v) is 2.67. The van der Waals surface area contributed by atoms with E-state index in [9.17, 15) is 9.59 Å². The lowest BCUT2D eigenvalue weighted by Crippen LogP contribution is -2.44. The number of nitrogens with two attached hydrogens (primary N) is 1. The minimum absolute atomic E-state index is 0.314. The van der Waals surface area contributed by atoms with Gasteiger partial charge in [-0.05, 0) is 24.1 Å². The highest BCUT2D eigenvalue weighted by molar-refractivity contribution is 6.06. The number of benzene rings is 2. The molecule has 1 atom stereocenters. The number of carbonyl (C=O) groups is 2. The van der Waals surface area contributed by atoms with Gasteiger partial charge in [-0.25, -0.2) is 0 Å². The zero-order valence-electron chi connectivity index (χ0n) is 14.1. The molecule has 0 aliphatic heterocycles. The van der Waals surface area contributed by atoms with Crippen LogP contribution in [0.25, 0.3) is 17.0 Å². The van der Waals surface area contributed by atoms with Crippen LogP contribution in [0.5, 0.6) is 0 Å². The number of rotatable bonds is 6. The van der Waals surface area contributed by atoms with Crippen molar-refractivity contribution in [1.29, 1.82) is 0 Å². The van der Waals surface area contributed by atoms with Gasteiger partial charge in [-0.3, -0.25) is 14.6 Å². The molecule has 0 fully saturated rings. The third kappa shape index (κ3) is 4.13. The molecule has 130 valence electrons. The van der Waals surface area contributed by atoms with Crippen molar-refractivity contribution in [3.05, 3.63) is 84.1 Å². The van der Waals surface area contributed by atoms with Gasteiger partial charge in [0.2, 0.25) is 5.91 Å². The summed E-state index contributed by atoms with van der Waals surface area (Å²) < 4.78 is 0. The molecule has 2 aromatic carbocycles. The van der Waals surface area contributed by atoms with Gasteiger partial charge in [-0.15, -0.1) is 0 Å². The normalized spacial score (nSPS) is 12.2. The van der Waals surface area contributed by atoms with Crippen LogP contribution in [0.15, 0.2) is 72.9 Å². The predicted octanol–water partition coefficient (Wildman–Crippen LogP) is 2.92. The Hall–Kier alpha value is -3.47. The molecule has 5 heteroatoms. The van der Waals surface area contributed by atoms with E-state index in [0.717, 1.165) is 10.9 Å². The van der Waals surface area contributed by atoms with Gasteiger partial charge in [0, 0.05) is 11.6 Å². The molecule has 5 nitrogen and oxygen atoms in total. The molecule has 0 radical (unpaired) electrons. The van der Waals surface area contributed by atoms with Gasteiger partial charge in [0.15, 0.2) is 0 Å². The first-order valence-corrected chi connectivity index (χ1v) is 8.30. The van der Waals surface area contributed by atoms with Crippen molar-refractivity contribution in [2.24, 2.45) is 5.73 Å². The van der Waals surface area contributed by atoms with Crippen molar-refractivity contribution < 1.29 is 9.59 Å². The first kappa shape index (κ1) is 17.4. The number of para-hydroxylation sites is 1. The molecule has 1 heterocycles. The average molecular weight is 345 g/mol. The zero-order chi connectivity index (χ0) is 18.4. The van der Waals surface area contributed by atoms with E-state index >= 15 is 0 Å². The van der Waals surface area contributed by atoms with E-state index in [1.165, 1.54) is 0 Å². The Bertz CT molecular complexity index is 946. The van der Waals surface area contributed by atoms with Crippen molar-refractivity contribution in [3.63, 3.8) is 0 Å². The highest BCUT2D eigenvalue weighted by Gasteiger charge is 2.19. The number of nitrogens with zero attached hydrogens (tertiary/aromatic N) is 1. The summed E-state index contributed by atoms with van der Waals surface area (Å²) in [5.74, 6) is -0.949. The van der Waals surface area contributed by atoms with E-state index in [0.29, 0.717) is 17.5 Å². The van der Waals surface area contributed by atoms with E-state index in [4.69, 9.17) is 5.73 Å². The summed E-state index contributed by atoms with van der Waals surface area (Å²) in [6, 6.07) is 18.0. The predicted molar refractivity (Wildman–Crippen MR) is 102 cm³/mol. The van der Waals surface area contributed by atoms with Crippen LogP contribution in [-0.4, -0.2) is 22.8 Å². The average Bonchev–Trinajstić information content (AvgIpc) is 2.67. The molecular weight excluding hydrogens is 326 g/mol. The molecule has 3 aromatic rings. The smallest absolute Gasteiger partial charge is 0.254 e. The number of hydrogen-bond donors (Lipinski definition) is 2. The summed E-state index contributed by atoms with van der Waals surface area (Å²) in [7, 11) is 0. The maximum Gasteiger partial charge on any atom is 0.254 e. The molecule has 0 saturated heterocycles. The maximum absolute atomic E-state index is 12.6. The van der Waals surface area contributed by atoms with Crippen molar-refractivity contribution >= 4 is 28.8 Å². The molecule has 3 rings (SSSR count). The van der Waals surface area contributed by atoms with Gasteiger partial charge >= 0.3 is 0 Å². The maximum atomic E-state index is 12.6.